The van der Waals surface area contributed by atoms with Crippen LogP contribution in [0.3, 0.4) is 0 Å². The Morgan fingerprint density at radius 1 is 1.27 bits per heavy atom. The second-order valence-corrected chi connectivity index (χ2v) is 5.66. The summed E-state index contributed by atoms with van der Waals surface area (Å²) in [6.45, 7) is 2.36. The molecule has 1 aromatic carbocycles. The lowest BCUT2D eigenvalue weighted by atomic mass is 10.2. The van der Waals surface area contributed by atoms with E-state index in [4.69, 9.17) is 15.2 Å². The Labute approximate surface area is 134 Å². The summed E-state index contributed by atoms with van der Waals surface area (Å²) in [4.78, 5) is 22.8. The fraction of sp³-hybridized carbons (Fsp3) is 0.467. The number of hydrogen-bond donors (Lipinski definition) is 2. The lowest BCUT2D eigenvalue weighted by Gasteiger charge is -2.16. The highest BCUT2D eigenvalue weighted by Gasteiger charge is 2.20. The highest BCUT2D eigenvalue weighted by molar-refractivity contribution is 7.98. The van der Waals surface area contributed by atoms with Crippen LogP contribution in [0.4, 0.5) is 4.79 Å². The van der Waals surface area contributed by atoms with Gasteiger partial charge in [-0.25, -0.2) is 9.59 Å². The molecule has 0 fully saturated rings. The van der Waals surface area contributed by atoms with Gasteiger partial charge in [-0.1, -0.05) is 17.7 Å². The number of nitrogens with two attached hydrogens (primary N) is 1. The maximum absolute atomic E-state index is 11.9. The van der Waals surface area contributed by atoms with Crippen LogP contribution in [0.5, 0.6) is 5.75 Å². The third-order valence-corrected chi connectivity index (χ3v) is 3.47. The zero-order valence-electron chi connectivity index (χ0n) is 12.8. The average Bonchev–Trinajstić information content (AvgIpc) is 2.49. The van der Waals surface area contributed by atoms with Gasteiger partial charge < -0.3 is 20.5 Å². The van der Waals surface area contributed by atoms with Gasteiger partial charge in [0.2, 0.25) is 0 Å². The molecule has 0 aromatic heterocycles. The van der Waals surface area contributed by atoms with E-state index in [0.717, 1.165) is 17.1 Å². The standard InChI is InChI=1S/C15H22N2O4S/c1-11-3-5-12(6-4-11)20-8-9-21-14(18)13(7-10-22-2)17-15(16)19/h3-6,13H,7-10H2,1-2H3,(H3,16,17,19)/t13-/m0/s1. The Kier molecular flexibility index (Phi) is 8.21. The van der Waals surface area contributed by atoms with Crippen LogP contribution in [0.1, 0.15) is 12.0 Å². The number of carbonyl (C=O) groups excluding carboxylic acids is 2. The Balaban J connectivity index is 2.32. The molecule has 0 aliphatic heterocycles. The molecule has 2 amide bonds. The van der Waals surface area contributed by atoms with Crippen molar-refractivity contribution in [2.45, 2.75) is 19.4 Å². The van der Waals surface area contributed by atoms with E-state index in [1.165, 1.54) is 0 Å². The predicted octanol–water partition coefficient (Wildman–Crippen LogP) is 1.71. The first-order valence-corrected chi connectivity index (χ1v) is 8.33. The lowest BCUT2D eigenvalue weighted by molar-refractivity contribution is -0.146. The van der Waals surface area contributed by atoms with Crippen molar-refractivity contribution in [1.82, 2.24) is 5.32 Å². The molecule has 0 spiro atoms. The largest absolute Gasteiger partial charge is 0.490 e. The van der Waals surface area contributed by atoms with Crippen LogP contribution in [0.2, 0.25) is 0 Å². The molecule has 0 bridgehead atoms. The van der Waals surface area contributed by atoms with Gasteiger partial charge in [0.05, 0.1) is 0 Å². The summed E-state index contributed by atoms with van der Waals surface area (Å²) in [6, 6.07) is 6.14. The number of urea groups is 1. The minimum absolute atomic E-state index is 0.114. The van der Waals surface area contributed by atoms with E-state index < -0.39 is 18.0 Å². The number of hydrogen-bond acceptors (Lipinski definition) is 5. The molecule has 0 unspecified atom stereocenters. The van der Waals surface area contributed by atoms with E-state index >= 15 is 0 Å². The van der Waals surface area contributed by atoms with Crippen molar-refractivity contribution in [2.24, 2.45) is 5.73 Å². The smallest absolute Gasteiger partial charge is 0.328 e. The number of esters is 1. The van der Waals surface area contributed by atoms with Crippen LogP contribution < -0.4 is 15.8 Å². The molecular formula is C15H22N2O4S. The number of carbonyl (C=O) groups is 2. The summed E-state index contributed by atoms with van der Waals surface area (Å²) in [5.74, 6) is 0.941. The first-order chi connectivity index (χ1) is 10.5. The van der Waals surface area contributed by atoms with Gasteiger partial charge >= 0.3 is 12.0 Å². The molecule has 122 valence electrons. The second kappa shape index (κ2) is 9.94. The van der Waals surface area contributed by atoms with Gasteiger partial charge in [0.15, 0.2) is 0 Å². The van der Waals surface area contributed by atoms with Crippen LogP contribution in [0.15, 0.2) is 24.3 Å². The first-order valence-electron chi connectivity index (χ1n) is 6.94. The molecule has 0 saturated heterocycles. The third kappa shape index (κ3) is 7.21. The molecule has 0 saturated carbocycles. The Morgan fingerprint density at radius 2 is 1.95 bits per heavy atom. The molecule has 0 radical (unpaired) electrons. The van der Waals surface area contributed by atoms with Crippen LogP contribution in [0, 0.1) is 6.92 Å². The molecule has 0 heterocycles. The van der Waals surface area contributed by atoms with Gasteiger partial charge in [0.1, 0.15) is 25.0 Å². The van der Waals surface area contributed by atoms with E-state index in [9.17, 15) is 9.59 Å². The Bertz CT molecular complexity index is 479. The number of aryl methyl sites for hydroxylation is 1. The topological polar surface area (TPSA) is 90.7 Å². The maximum atomic E-state index is 11.9. The predicted molar refractivity (Wildman–Crippen MR) is 87.1 cm³/mol. The van der Waals surface area contributed by atoms with Gasteiger partial charge in [-0.05, 0) is 37.5 Å². The molecule has 1 atom stereocenters. The van der Waals surface area contributed by atoms with Crippen molar-refractivity contribution < 1.29 is 19.1 Å². The minimum Gasteiger partial charge on any atom is -0.490 e. The van der Waals surface area contributed by atoms with Crippen molar-refractivity contribution in [3.05, 3.63) is 29.8 Å². The number of amides is 2. The van der Waals surface area contributed by atoms with Crippen LogP contribution in [0.25, 0.3) is 0 Å². The first kappa shape index (κ1) is 18.2. The summed E-state index contributed by atoms with van der Waals surface area (Å²) in [7, 11) is 0. The Hall–Kier alpha value is -1.89. The molecule has 6 nitrogen and oxygen atoms in total. The number of thioether (sulfide) groups is 1. The summed E-state index contributed by atoms with van der Waals surface area (Å²) in [5.41, 5.74) is 6.20. The second-order valence-electron chi connectivity index (χ2n) is 4.67. The number of ether oxygens (including phenoxy) is 2. The monoisotopic (exact) mass is 326 g/mol. The van der Waals surface area contributed by atoms with Gasteiger partial charge in [0.25, 0.3) is 0 Å². The summed E-state index contributed by atoms with van der Waals surface area (Å²) < 4.78 is 10.6. The summed E-state index contributed by atoms with van der Waals surface area (Å²) >= 11 is 1.58. The van der Waals surface area contributed by atoms with Crippen molar-refractivity contribution in [3.63, 3.8) is 0 Å². The summed E-state index contributed by atoms with van der Waals surface area (Å²) in [6.07, 6.45) is 2.39. The quantitative estimate of drug-likeness (QED) is 0.532. The van der Waals surface area contributed by atoms with Crippen LogP contribution >= 0.6 is 11.8 Å². The lowest BCUT2D eigenvalue weighted by Crippen LogP contribution is -2.45. The van der Waals surface area contributed by atoms with Gasteiger partial charge in [-0.3, -0.25) is 0 Å². The highest BCUT2D eigenvalue weighted by Crippen LogP contribution is 2.11. The van der Waals surface area contributed by atoms with Crippen molar-refractivity contribution in [2.75, 3.05) is 25.2 Å². The fourth-order valence-electron chi connectivity index (χ4n) is 1.69. The van der Waals surface area contributed by atoms with Crippen molar-refractivity contribution >= 4 is 23.8 Å². The van der Waals surface area contributed by atoms with E-state index in [0.29, 0.717) is 6.42 Å². The van der Waals surface area contributed by atoms with Crippen molar-refractivity contribution in [1.29, 1.82) is 0 Å². The zero-order chi connectivity index (χ0) is 16.4. The number of primary amides is 1. The number of benzene rings is 1. The minimum atomic E-state index is -0.737. The van der Waals surface area contributed by atoms with E-state index in [2.05, 4.69) is 5.32 Å². The zero-order valence-corrected chi connectivity index (χ0v) is 13.7. The molecule has 22 heavy (non-hydrogen) atoms. The van der Waals surface area contributed by atoms with Gasteiger partial charge in [0, 0.05) is 0 Å². The molecule has 0 aliphatic carbocycles. The molecule has 1 aromatic rings. The van der Waals surface area contributed by atoms with Gasteiger partial charge in [-0.15, -0.1) is 0 Å². The van der Waals surface area contributed by atoms with E-state index in [-0.39, 0.29) is 13.2 Å². The maximum Gasteiger partial charge on any atom is 0.328 e. The highest BCUT2D eigenvalue weighted by atomic mass is 32.2. The number of rotatable bonds is 9. The third-order valence-electron chi connectivity index (χ3n) is 2.83. The number of nitrogens with one attached hydrogen (secondary N) is 1. The fourth-order valence-corrected chi connectivity index (χ4v) is 2.16. The molecule has 1 rings (SSSR count). The summed E-state index contributed by atoms with van der Waals surface area (Å²) in [5, 5.41) is 2.39. The van der Waals surface area contributed by atoms with Gasteiger partial charge in [-0.2, -0.15) is 11.8 Å². The molecule has 0 aliphatic rings. The van der Waals surface area contributed by atoms with Crippen LogP contribution in [-0.2, 0) is 9.53 Å². The average molecular weight is 326 g/mol. The van der Waals surface area contributed by atoms with Crippen molar-refractivity contribution in [3.8, 4) is 5.75 Å². The molecular weight excluding hydrogens is 304 g/mol. The van der Waals surface area contributed by atoms with E-state index in [1.807, 2.05) is 37.4 Å². The normalized spacial score (nSPS) is 11.5. The molecule has 7 heteroatoms. The van der Waals surface area contributed by atoms with Crippen LogP contribution in [-0.4, -0.2) is 43.3 Å². The Morgan fingerprint density at radius 3 is 2.55 bits per heavy atom. The van der Waals surface area contributed by atoms with E-state index in [1.54, 1.807) is 11.8 Å². The molecule has 3 N–H and O–H groups in total. The SMILES string of the molecule is CSCC[C@H](NC(N)=O)C(=O)OCCOc1ccc(C)cc1.